The molecule has 0 saturated carbocycles. The maximum atomic E-state index is 10.7. The van der Waals surface area contributed by atoms with Crippen molar-refractivity contribution < 1.29 is 9.66 Å². The smallest absolute Gasteiger partial charge is 0.269 e. The summed E-state index contributed by atoms with van der Waals surface area (Å²) in [6.45, 7) is 1.71. The number of rotatable bonds is 4. The lowest BCUT2D eigenvalue weighted by molar-refractivity contribution is -0.384. The molecule has 6 nitrogen and oxygen atoms in total. The van der Waals surface area contributed by atoms with Crippen LogP contribution < -0.4 is 10.5 Å². The first-order valence-corrected chi connectivity index (χ1v) is 6.33. The van der Waals surface area contributed by atoms with Crippen LogP contribution in [0.3, 0.4) is 0 Å². The molecule has 0 saturated heterocycles. The fourth-order valence-electron chi connectivity index (χ4n) is 1.73. The van der Waals surface area contributed by atoms with Gasteiger partial charge in [0.1, 0.15) is 17.3 Å². The highest BCUT2D eigenvalue weighted by molar-refractivity contribution is 6.32. The van der Waals surface area contributed by atoms with Crippen molar-refractivity contribution in [2.45, 2.75) is 6.92 Å². The van der Waals surface area contributed by atoms with E-state index in [0.717, 1.165) is 0 Å². The van der Waals surface area contributed by atoms with Crippen LogP contribution >= 0.6 is 11.6 Å². The van der Waals surface area contributed by atoms with E-state index in [0.29, 0.717) is 27.6 Å². The van der Waals surface area contributed by atoms with E-state index in [-0.39, 0.29) is 11.5 Å². The van der Waals surface area contributed by atoms with Crippen LogP contribution in [0.5, 0.6) is 11.5 Å². The van der Waals surface area contributed by atoms with Gasteiger partial charge in [0.2, 0.25) is 0 Å². The molecule has 2 aromatic rings. The molecule has 0 bridgehead atoms. The van der Waals surface area contributed by atoms with Gasteiger partial charge in [-0.3, -0.25) is 15.5 Å². The van der Waals surface area contributed by atoms with Gasteiger partial charge < -0.3 is 10.5 Å². The molecule has 3 N–H and O–H groups in total. The molecule has 2 rings (SSSR count). The van der Waals surface area contributed by atoms with E-state index in [2.05, 4.69) is 0 Å². The van der Waals surface area contributed by atoms with Gasteiger partial charge in [-0.15, -0.1) is 0 Å². The maximum Gasteiger partial charge on any atom is 0.269 e. The Bertz CT molecular complexity index is 670. The quantitative estimate of drug-likeness (QED) is 0.389. The zero-order chi connectivity index (χ0) is 15.6. The van der Waals surface area contributed by atoms with E-state index < -0.39 is 4.92 Å². The Balaban J connectivity index is 2.30. The van der Waals surface area contributed by atoms with Crippen molar-refractivity contribution in [2.24, 2.45) is 5.73 Å². The average Bonchev–Trinajstić information content (AvgIpc) is 2.42. The predicted octanol–water partition coefficient (Wildman–Crippen LogP) is 3.63. The number of nitro groups is 1. The van der Waals surface area contributed by atoms with Crippen LogP contribution in [0.2, 0.25) is 5.02 Å². The van der Waals surface area contributed by atoms with Crippen LogP contribution in [0.4, 0.5) is 5.69 Å². The Morgan fingerprint density at radius 2 is 1.95 bits per heavy atom. The van der Waals surface area contributed by atoms with E-state index in [9.17, 15) is 10.1 Å². The lowest BCUT2D eigenvalue weighted by atomic mass is 10.2. The normalized spacial score (nSPS) is 10.2. The van der Waals surface area contributed by atoms with Gasteiger partial charge in [-0.2, -0.15) is 0 Å². The number of nitrogens with two attached hydrogens (primary N) is 1. The first-order chi connectivity index (χ1) is 9.88. The number of amidine groups is 1. The molecule has 21 heavy (non-hydrogen) atoms. The number of ether oxygens (including phenoxy) is 1. The third-order valence-electron chi connectivity index (χ3n) is 2.83. The number of aryl methyl sites for hydroxylation is 1. The van der Waals surface area contributed by atoms with Crippen molar-refractivity contribution in [3.05, 3.63) is 62.7 Å². The number of hydrogen-bond acceptors (Lipinski definition) is 4. The summed E-state index contributed by atoms with van der Waals surface area (Å²) in [6, 6.07) is 9.04. The Kier molecular flexibility index (Phi) is 4.09. The first-order valence-electron chi connectivity index (χ1n) is 5.95. The van der Waals surface area contributed by atoms with Gasteiger partial charge in [0.05, 0.1) is 9.95 Å². The number of nitrogens with one attached hydrogen (secondary N) is 1. The lowest BCUT2D eigenvalue weighted by Gasteiger charge is -2.10. The van der Waals surface area contributed by atoms with Crippen LogP contribution in [-0.4, -0.2) is 10.8 Å². The van der Waals surface area contributed by atoms with E-state index in [1.807, 2.05) is 0 Å². The van der Waals surface area contributed by atoms with Gasteiger partial charge in [-0.1, -0.05) is 11.6 Å². The lowest BCUT2D eigenvalue weighted by Crippen LogP contribution is -2.10. The maximum absolute atomic E-state index is 10.7. The second kappa shape index (κ2) is 5.80. The summed E-state index contributed by atoms with van der Waals surface area (Å²) in [5.41, 5.74) is 6.49. The summed E-state index contributed by atoms with van der Waals surface area (Å²) in [7, 11) is 0. The number of nitro benzene ring substituents is 1. The second-order valence-corrected chi connectivity index (χ2v) is 4.78. The van der Waals surface area contributed by atoms with Gasteiger partial charge in [0.15, 0.2) is 0 Å². The number of nitrogens with zero attached hydrogens (tertiary/aromatic N) is 1. The number of benzene rings is 2. The molecule has 0 unspecified atom stereocenters. The highest BCUT2D eigenvalue weighted by Gasteiger charge is 2.11. The molecule has 0 amide bonds. The molecule has 7 heteroatoms. The summed E-state index contributed by atoms with van der Waals surface area (Å²) >= 11 is 6.07. The van der Waals surface area contributed by atoms with Crippen LogP contribution in [0.25, 0.3) is 0 Å². The Morgan fingerprint density at radius 3 is 2.48 bits per heavy atom. The van der Waals surface area contributed by atoms with Crippen LogP contribution in [0, 0.1) is 22.4 Å². The fourth-order valence-corrected chi connectivity index (χ4v) is 1.95. The summed E-state index contributed by atoms with van der Waals surface area (Å²) in [5, 5.41) is 18.3. The minimum atomic E-state index is -0.467. The zero-order valence-corrected chi connectivity index (χ0v) is 11.8. The van der Waals surface area contributed by atoms with Crippen molar-refractivity contribution in [3.8, 4) is 11.5 Å². The minimum Gasteiger partial charge on any atom is -0.456 e. The second-order valence-electron chi connectivity index (χ2n) is 4.37. The number of non-ortho nitro benzene ring substituents is 1. The summed E-state index contributed by atoms with van der Waals surface area (Å²) in [5.74, 6) is 0.770. The molecule has 0 fully saturated rings. The summed E-state index contributed by atoms with van der Waals surface area (Å²) in [6.07, 6.45) is 0. The van der Waals surface area contributed by atoms with Crippen LogP contribution in [-0.2, 0) is 0 Å². The minimum absolute atomic E-state index is 0.00197. The third-order valence-corrected chi connectivity index (χ3v) is 3.13. The van der Waals surface area contributed by atoms with Crippen molar-refractivity contribution in [3.63, 3.8) is 0 Å². The number of halogens is 1. The average molecular weight is 306 g/mol. The van der Waals surface area contributed by atoms with Crippen molar-refractivity contribution in [2.75, 3.05) is 0 Å². The molecule has 0 atom stereocenters. The molecule has 0 spiro atoms. The molecule has 2 aromatic carbocycles. The summed E-state index contributed by atoms with van der Waals surface area (Å²) < 4.78 is 5.64. The molecular weight excluding hydrogens is 294 g/mol. The fraction of sp³-hybridized carbons (Fsp3) is 0.0714. The predicted molar refractivity (Wildman–Crippen MR) is 80.4 cm³/mol. The zero-order valence-electron chi connectivity index (χ0n) is 11.1. The number of hydrogen-bond donors (Lipinski definition) is 2. The SMILES string of the molecule is Cc1cc([N+](=O)[O-])ccc1Oc1ccc(C(=N)N)cc1Cl. The Hall–Kier alpha value is -2.60. The Labute approximate surface area is 125 Å². The molecular formula is C14H12ClN3O3. The van der Waals surface area contributed by atoms with Crippen LogP contribution in [0.15, 0.2) is 36.4 Å². The van der Waals surface area contributed by atoms with E-state index in [1.165, 1.54) is 24.3 Å². The molecule has 0 aliphatic carbocycles. The van der Waals surface area contributed by atoms with Crippen molar-refractivity contribution in [1.29, 1.82) is 5.41 Å². The van der Waals surface area contributed by atoms with E-state index in [4.69, 9.17) is 27.5 Å². The van der Waals surface area contributed by atoms with Crippen molar-refractivity contribution >= 4 is 23.1 Å². The first kappa shape index (κ1) is 14.8. The highest BCUT2D eigenvalue weighted by atomic mass is 35.5. The standard InChI is InChI=1S/C14H12ClN3O3/c1-8-6-10(18(19)20)3-5-12(8)21-13-4-2-9(14(16)17)7-11(13)15/h2-7H,1H3,(H3,16,17). The summed E-state index contributed by atoms with van der Waals surface area (Å²) in [4.78, 5) is 10.2. The van der Waals surface area contributed by atoms with Gasteiger partial charge in [-0.05, 0) is 36.8 Å². The molecule has 108 valence electrons. The Morgan fingerprint density at radius 1 is 1.29 bits per heavy atom. The number of nitrogen functional groups attached to an aromatic ring is 1. The van der Waals surface area contributed by atoms with E-state index >= 15 is 0 Å². The molecule has 0 aromatic heterocycles. The molecule has 0 aliphatic heterocycles. The van der Waals surface area contributed by atoms with Gasteiger partial charge in [0, 0.05) is 17.7 Å². The third kappa shape index (κ3) is 3.29. The monoisotopic (exact) mass is 305 g/mol. The highest BCUT2D eigenvalue weighted by Crippen LogP contribution is 2.33. The van der Waals surface area contributed by atoms with Crippen molar-refractivity contribution in [1.82, 2.24) is 0 Å². The van der Waals surface area contributed by atoms with Gasteiger partial charge in [0.25, 0.3) is 5.69 Å². The topological polar surface area (TPSA) is 102 Å². The molecule has 0 aliphatic rings. The van der Waals surface area contributed by atoms with Gasteiger partial charge in [-0.25, -0.2) is 0 Å². The van der Waals surface area contributed by atoms with Gasteiger partial charge >= 0.3 is 0 Å². The van der Waals surface area contributed by atoms with E-state index in [1.54, 1.807) is 19.1 Å². The van der Waals surface area contributed by atoms with Crippen LogP contribution in [0.1, 0.15) is 11.1 Å². The molecule has 0 radical (unpaired) electrons. The largest absolute Gasteiger partial charge is 0.456 e. The molecule has 0 heterocycles.